The summed E-state index contributed by atoms with van der Waals surface area (Å²) in [5.74, 6) is 0.758. The van der Waals surface area contributed by atoms with Gasteiger partial charge in [0, 0.05) is 42.9 Å². The lowest BCUT2D eigenvalue weighted by molar-refractivity contribution is 0.520. The molecule has 1 unspecified atom stereocenters. The Morgan fingerprint density at radius 3 is 2.39 bits per heavy atom. The first kappa shape index (κ1) is 22.4. The van der Waals surface area contributed by atoms with Gasteiger partial charge in [0.25, 0.3) is 0 Å². The molecule has 2 aromatic rings. The van der Waals surface area contributed by atoms with Crippen molar-refractivity contribution in [3.8, 4) is 0 Å². The van der Waals surface area contributed by atoms with Crippen molar-refractivity contribution in [3.63, 3.8) is 0 Å². The number of aliphatic imine (C=N–C) groups is 1. The highest BCUT2D eigenvalue weighted by Gasteiger charge is 2.16. The van der Waals surface area contributed by atoms with Gasteiger partial charge in [0.2, 0.25) is 10.0 Å². The van der Waals surface area contributed by atoms with E-state index in [4.69, 9.17) is 0 Å². The Labute approximate surface area is 172 Å². The minimum absolute atomic E-state index is 0.253. The van der Waals surface area contributed by atoms with Crippen LogP contribution in [0.2, 0.25) is 0 Å². The van der Waals surface area contributed by atoms with Crippen LogP contribution in [0.3, 0.4) is 0 Å². The predicted octanol–water partition coefficient (Wildman–Crippen LogP) is 2.99. The van der Waals surface area contributed by atoms with E-state index in [2.05, 4.69) is 41.6 Å². The van der Waals surface area contributed by atoms with Gasteiger partial charge in [0.15, 0.2) is 5.96 Å². The monoisotopic (exact) mass is 422 g/mol. The van der Waals surface area contributed by atoms with Crippen molar-refractivity contribution in [1.29, 1.82) is 0 Å². The second kappa shape index (κ2) is 10.0. The second-order valence-electron chi connectivity index (χ2n) is 6.89. The molecule has 0 amide bonds. The topological polar surface area (TPSA) is 73.8 Å². The Balaban J connectivity index is 2.01. The van der Waals surface area contributed by atoms with Gasteiger partial charge < -0.3 is 10.6 Å². The molecule has 0 spiro atoms. The Hall–Kier alpha value is -1.90. The zero-order chi connectivity index (χ0) is 20.7. The third-order valence-electron chi connectivity index (χ3n) is 4.15. The van der Waals surface area contributed by atoms with Gasteiger partial charge in [-0.2, -0.15) is 0 Å². The average Bonchev–Trinajstić information content (AvgIpc) is 3.04. The number of guanidine groups is 1. The molecular weight excluding hydrogens is 392 g/mol. The Bertz CT molecular complexity index is 887. The van der Waals surface area contributed by atoms with Gasteiger partial charge in [0.05, 0.1) is 11.4 Å². The fourth-order valence-corrected chi connectivity index (χ4v) is 4.57. The Kier molecular flexibility index (Phi) is 8.03. The molecule has 1 aromatic heterocycles. The molecule has 0 aliphatic heterocycles. The van der Waals surface area contributed by atoms with Crippen LogP contribution in [0.15, 0.2) is 46.3 Å². The maximum absolute atomic E-state index is 12.1. The molecule has 0 aliphatic carbocycles. The zero-order valence-electron chi connectivity index (χ0n) is 17.2. The molecular formula is C20H30N4O2S2. The third kappa shape index (κ3) is 6.32. The maximum atomic E-state index is 12.1. The van der Waals surface area contributed by atoms with E-state index < -0.39 is 10.0 Å². The highest BCUT2D eigenvalue weighted by atomic mass is 32.2. The van der Waals surface area contributed by atoms with E-state index in [1.807, 2.05) is 18.3 Å². The standard InChI is InChI=1S/C20H30N4O2S2/c1-6-21-20(23-15(2)13-18-10-7-16(3)27-18)22-14-17-8-11-19(12-9-17)28(25,26)24(4)5/h7-12,15H,6,13-14H2,1-5H3,(H2,21,22,23). The first-order chi connectivity index (χ1) is 13.2. The van der Waals surface area contributed by atoms with Crippen LogP contribution in [0.4, 0.5) is 0 Å². The minimum atomic E-state index is -3.40. The van der Waals surface area contributed by atoms with Crippen LogP contribution < -0.4 is 10.6 Å². The Morgan fingerprint density at radius 2 is 1.86 bits per heavy atom. The lowest BCUT2D eigenvalue weighted by atomic mass is 10.2. The van der Waals surface area contributed by atoms with E-state index in [1.54, 1.807) is 24.3 Å². The first-order valence-electron chi connectivity index (χ1n) is 9.34. The highest BCUT2D eigenvalue weighted by molar-refractivity contribution is 7.89. The zero-order valence-corrected chi connectivity index (χ0v) is 18.8. The van der Waals surface area contributed by atoms with Crippen LogP contribution in [0, 0.1) is 6.92 Å². The van der Waals surface area contributed by atoms with E-state index >= 15 is 0 Å². The van der Waals surface area contributed by atoms with Crippen molar-refractivity contribution in [2.24, 2.45) is 4.99 Å². The second-order valence-corrected chi connectivity index (χ2v) is 10.4. The van der Waals surface area contributed by atoms with Gasteiger partial charge in [-0.1, -0.05) is 12.1 Å². The van der Waals surface area contributed by atoms with E-state index in [9.17, 15) is 8.42 Å². The number of nitrogens with one attached hydrogen (secondary N) is 2. The number of rotatable bonds is 8. The van der Waals surface area contributed by atoms with E-state index in [-0.39, 0.29) is 10.9 Å². The summed E-state index contributed by atoms with van der Waals surface area (Å²) in [5, 5.41) is 6.70. The maximum Gasteiger partial charge on any atom is 0.242 e. The molecule has 6 nitrogen and oxygen atoms in total. The number of thiophene rings is 1. The molecule has 0 aliphatic rings. The fraction of sp³-hybridized carbons (Fsp3) is 0.450. The van der Waals surface area contributed by atoms with Gasteiger partial charge >= 0.3 is 0 Å². The highest BCUT2D eigenvalue weighted by Crippen LogP contribution is 2.17. The van der Waals surface area contributed by atoms with Gasteiger partial charge in [-0.25, -0.2) is 17.7 Å². The average molecular weight is 423 g/mol. The number of aryl methyl sites for hydroxylation is 1. The van der Waals surface area contributed by atoms with E-state index in [1.165, 1.54) is 28.2 Å². The Morgan fingerprint density at radius 1 is 1.18 bits per heavy atom. The lowest BCUT2D eigenvalue weighted by Gasteiger charge is -2.17. The van der Waals surface area contributed by atoms with Crippen molar-refractivity contribution in [3.05, 3.63) is 51.7 Å². The molecule has 0 saturated heterocycles. The van der Waals surface area contributed by atoms with Crippen molar-refractivity contribution in [2.75, 3.05) is 20.6 Å². The fourth-order valence-electron chi connectivity index (χ4n) is 2.65. The van der Waals surface area contributed by atoms with Crippen molar-refractivity contribution >= 4 is 27.3 Å². The van der Waals surface area contributed by atoms with Gasteiger partial charge in [-0.15, -0.1) is 11.3 Å². The molecule has 2 N–H and O–H groups in total. The molecule has 2 rings (SSSR count). The van der Waals surface area contributed by atoms with Gasteiger partial charge in [0.1, 0.15) is 0 Å². The first-order valence-corrected chi connectivity index (χ1v) is 11.6. The molecule has 0 bridgehead atoms. The van der Waals surface area contributed by atoms with Crippen LogP contribution in [-0.4, -0.2) is 45.4 Å². The number of nitrogens with zero attached hydrogens (tertiary/aromatic N) is 2. The van der Waals surface area contributed by atoms with Crippen molar-refractivity contribution in [2.45, 2.75) is 44.7 Å². The normalized spacial score (nSPS) is 13.6. The predicted molar refractivity (Wildman–Crippen MR) is 117 cm³/mol. The van der Waals surface area contributed by atoms with Crippen molar-refractivity contribution in [1.82, 2.24) is 14.9 Å². The largest absolute Gasteiger partial charge is 0.357 e. The molecule has 8 heteroatoms. The minimum Gasteiger partial charge on any atom is -0.357 e. The van der Waals surface area contributed by atoms with Crippen LogP contribution in [0.1, 0.15) is 29.2 Å². The van der Waals surface area contributed by atoms with Gasteiger partial charge in [-0.05, 0) is 50.6 Å². The SMILES string of the molecule is CCNC(=NCc1ccc(S(=O)(=O)N(C)C)cc1)NC(C)Cc1ccc(C)s1. The summed E-state index contributed by atoms with van der Waals surface area (Å²) in [5.41, 5.74) is 0.955. The van der Waals surface area contributed by atoms with Crippen molar-refractivity contribution < 1.29 is 8.42 Å². The summed E-state index contributed by atoms with van der Waals surface area (Å²) in [6.07, 6.45) is 0.944. The molecule has 1 heterocycles. The smallest absolute Gasteiger partial charge is 0.242 e. The van der Waals surface area contributed by atoms with Crippen LogP contribution in [0.25, 0.3) is 0 Å². The molecule has 0 radical (unpaired) electrons. The van der Waals surface area contributed by atoms with E-state index in [0.29, 0.717) is 6.54 Å². The number of hydrogen-bond acceptors (Lipinski definition) is 4. The van der Waals surface area contributed by atoms with Gasteiger partial charge in [-0.3, -0.25) is 0 Å². The summed E-state index contributed by atoms with van der Waals surface area (Å²) in [7, 11) is -0.347. The van der Waals surface area contributed by atoms with Crippen LogP contribution in [-0.2, 0) is 23.0 Å². The molecule has 1 aromatic carbocycles. The molecule has 154 valence electrons. The third-order valence-corrected chi connectivity index (χ3v) is 7.00. The van der Waals surface area contributed by atoms with E-state index in [0.717, 1.165) is 24.5 Å². The number of benzene rings is 1. The summed E-state index contributed by atoms with van der Waals surface area (Å²) < 4.78 is 25.5. The molecule has 1 atom stereocenters. The quantitative estimate of drug-likeness (QED) is 0.507. The lowest BCUT2D eigenvalue weighted by Crippen LogP contribution is -2.43. The number of sulfonamides is 1. The molecule has 28 heavy (non-hydrogen) atoms. The number of hydrogen-bond donors (Lipinski definition) is 2. The van der Waals surface area contributed by atoms with Crippen LogP contribution in [0.5, 0.6) is 0 Å². The van der Waals surface area contributed by atoms with Crippen LogP contribution >= 0.6 is 11.3 Å². The molecule has 0 saturated carbocycles. The summed E-state index contributed by atoms with van der Waals surface area (Å²) in [6.45, 7) is 7.54. The summed E-state index contributed by atoms with van der Waals surface area (Å²) in [6, 6.07) is 11.4. The molecule has 0 fully saturated rings. The summed E-state index contributed by atoms with van der Waals surface area (Å²) in [4.78, 5) is 7.60. The summed E-state index contributed by atoms with van der Waals surface area (Å²) >= 11 is 1.82.